The lowest BCUT2D eigenvalue weighted by molar-refractivity contribution is 0.0731. The fourth-order valence-electron chi connectivity index (χ4n) is 3.28. The molecule has 0 radical (unpaired) electrons. The maximum Gasteiger partial charge on any atom is 0.273 e. The van der Waals surface area contributed by atoms with Crippen molar-refractivity contribution >= 4 is 17.2 Å². The van der Waals surface area contributed by atoms with E-state index in [0.29, 0.717) is 29.4 Å². The van der Waals surface area contributed by atoms with Gasteiger partial charge in [0.15, 0.2) is 10.8 Å². The highest BCUT2D eigenvalue weighted by atomic mass is 32.1. The number of nitrogens with zero attached hydrogens (tertiary/aromatic N) is 2. The Bertz CT molecular complexity index is 875. The summed E-state index contributed by atoms with van der Waals surface area (Å²) >= 11 is 1.40. The summed E-state index contributed by atoms with van der Waals surface area (Å²) < 4.78 is 18.7. The van der Waals surface area contributed by atoms with E-state index < -0.39 is 0 Å². The number of rotatable bonds is 4. The Morgan fingerprint density at radius 1 is 1.36 bits per heavy atom. The van der Waals surface area contributed by atoms with Gasteiger partial charge in [-0.25, -0.2) is 9.37 Å². The quantitative estimate of drug-likeness (QED) is 0.696. The summed E-state index contributed by atoms with van der Waals surface area (Å²) in [6.45, 7) is 0.715. The van der Waals surface area contributed by atoms with Crippen molar-refractivity contribution in [2.45, 2.75) is 25.3 Å². The Labute approximate surface area is 148 Å². The van der Waals surface area contributed by atoms with Crippen molar-refractivity contribution in [3.05, 3.63) is 65.1 Å². The van der Waals surface area contributed by atoms with Crippen LogP contribution in [0, 0.1) is 5.82 Å². The molecule has 0 aliphatic carbocycles. The normalized spacial score (nSPS) is 17.2. The first-order chi connectivity index (χ1) is 12.2. The molecule has 6 heteroatoms. The minimum absolute atomic E-state index is 0.0621. The number of halogens is 1. The lowest BCUT2D eigenvalue weighted by atomic mass is 10.0. The number of carbonyl (C=O) groups excluding carboxylic acids is 1. The van der Waals surface area contributed by atoms with Gasteiger partial charge in [0, 0.05) is 18.0 Å². The van der Waals surface area contributed by atoms with Gasteiger partial charge in [-0.05, 0) is 49.1 Å². The first-order valence-electron chi connectivity index (χ1n) is 8.25. The number of furan rings is 1. The maximum absolute atomic E-state index is 13.4. The smallest absolute Gasteiger partial charge is 0.273 e. The molecule has 0 saturated carbocycles. The lowest BCUT2D eigenvalue weighted by Gasteiger charge is -2.24. The van der Waals surface area contributed by atoms with Crippen LogP contribution in [0.2, 0.25) is 0 Å². The molecule has 4 rings (SSSR count). The van der Waals surface area contributed by atoms with Gasteiger partial charge in [0.25, 0.3) is 5.91 Å². The highest BCUT2D eigenvalue weighted by molar-refractivity contribution is 7.13. The van der Waals surface area contributed by atoms with Crippen molar-refractivity contribution in [1.82, 2.24) is 9.88 Å². The van der Waals surface area contributed by atoms with Crippen LogP contribution in [0.4, 0.5) is 4.39 Å². The van der Waals surface area contributed by atoms with Gasteiger partial charge >= 0.3 is 0 Å². The first-order valence-corrected chi connectivity index (χ1v) is 9.13. The van der Waals surface area contributed by atoms with Crippen LogP contribution < -0.4 is 0 Å². The van der Waals surface area contributed by atoms with E-state index in [1.54, 1.807) is 29.8 Å². The van der Waals surface area contributed by atoms with Crippen LogP contribution in [-0.4, -0.2) is 28.4 Å². The van der Waals surface area contributed by atoms with Crippen LogP contribution >= 0.6 is 11.3 Å². The Balaban J connectivity index is 1.51. The van der Waals surface area contributed by atoms with Gasteiger partial charge in [0.2, 0.25) is 0 Å². The molecule has 1 fully saturated rings. The molecule has 4 nitrogen and oxygen atoms in total. The minimum atomic E-state index is -0.240. The fourth-order valence-corrected chi connectivity index (χ4v) is 4.04. The van der Waals surface area contributed by atoms with E-state index in [1.807, 2.05) is 17.0 Å². The van der Waals surface area contributed by atoms with Crippen molar-refractivity contribution in [1.29, 1.82) is 0 Å². The monoisotopic (exact) mass is 356 g/mol. The second kappa shape index (κ2) is 6.80. The topological polar surface area (TPSA) is 46.3 Å². The van der Waals surface area contributed by atoms with Gasteiger partial charge in [0.1, 0.15) is 11.5 Å². The summed E-state index contributed by atoms with van der Waals surface area (Å²) in [5.41, 5.74) is 1.36. The zero-order chi connectivity index (χ0) is 17.2. The molecule has 1 aliphatic heterocycles. The molecule has 2 aromatic heterocycles. The number of benzene rings is 1. The number of thiazole rings is 1. The summed E-state index contributed by atoms with van der Waals surface area (Å²) in [6.07, 6.45) is 4.14. The summed E-state index contributed by atoms with van der Waals surface area (Å²) in [5, 5.41) is 2.48. The predicted octanol–water partition coefficient (Wildman–Crippen LogP) is 4.39. The van der Waals surface area contributed by atoms with Crippen LogP contribution in [-0.2, 0) is 6.42 Å². The van der Waals surface area contributed by atoms with Crippen molar-refractivity contribution in [3.8, 4) is 10.8 Å². The highest BCUT2D eigenvalue weighted by Crippen LogP contribution is 2.27. The molecule has 1 unspecified atom stereocenters. The van der Waals surface area contributed by atoms with Gasteiger partial charge in [0.05, 0.1) is 6.26 Å². The summed E-state index contributed by atoms with van der Waals surface area (Å²) in [6, 6.07) is 10.3. The molecule has 0 spiro atoms. The third kappa shape index (κ3) is 3.35. The first kappa shape index (κ1) is 16.0. The van der Waals surface area contributed by atoms with Crippen molar-refractivity contribution in [2.24, 2.45) is 0 Å². The van der Waals surface area contributed by atoms with E-state index >= 15 is 0 Å². The molecule has 1 aliphatic rings. The number of hydrogen-bond donors (Lipinski definition) is 0. The Morgan fingerprint density at radius 3 is 3.08 bits per heavy atom. The molecule has 3 aromatic rings. The maximum atomic E-state index is 13.4. The Hall–Kier alpha value is -2.47. The van der Waals surface area contributed by atoms with E-state index in [0.717, 1.165) is 18.4 Å². The number of carbonyl (C=O) groups is 1. The van der Waals surface area contributed by atoms with E-state index in [-0.39, 0.29) is 17.8 Å². The Morgan fingerprint density at radius 2 is 2.28 bits per heavy atom. The Kier molecular flexibility index (Phi) is 4.36. The van der Waals surface area contributed by atoms with Crippen LogP contribution in [0.5, 0.6) is 0 Å². The second-order valence-corrected chi connectivity index (χ2v) is 7.00. The molecule has 1 aromatic carbocycles. The zero-order valence-electron chi connectivity index (χ0n) is 13.5. The fraction of sp³-hybridized carbons (Fsp3) is 0.263. The number of hydrogen-bond acceptors (Lipinski definition) is 4. The minimum Gasteiger partial charge on any atom is -0.462 e. The summed E-state index contributed by atoms with van der Waals surface area (Å²) in [7, 11) is 0. The largest absolute Gasteiger partial charge is 0.462 e. The van der Waals surface area contributed by atoms with Crippen LogP contribution in [0.3, 0.4) is 0 Å². The van der Waals surface area contributed by atoms with Crippen LogP contribution in [0.25, 0.3) is 10.8 Å². The van der Waals surface area contributed by atoms with E-state index in [4.69, 9.17) is 4.42 Å². The molecular weight excluding hydrogens is 339 g/mol. The van der Waals surface area contributed by atoms with E-state index in [2.05, 4.69) is 4.98 Å². The third-order valence-electron chi connectivity index (χ3n) is 4.45. The van der Waals surface area contributed by atoms with Gasteiger partial charge < -0.3 is 9.32 Å². The molecule has 0 bridgehead atoms. The van der Waals surface area contributed by atoms with Crippen LogP contribution in [0.1, 0.15) is 28.9 Å². The summed E-state index contributed by atoms with van der Waals surface area (Å²) in [4.78, 5) is 19.2. The SMILES string of the molecule is O=C(c1csc(-c2ccco2)n1)N1CCCC1Cc1cccc(F)c1. The third-order valence-corrected chi connectivity index (χ3v) is 5.31. The van der Waals surface area contributed by atoms with Gasteiger partial charge in [-0.15, -0.1) is 11.3 Å². The molecule has 0 N–H and O–H groups in total. The standard InChI is InChI=1S/C19H17FN2O2S/c20-14-5-1-4-13(10-14)11-15-6-2-8-22(15)19(23)16-12-25-18(21-16)17-7-3-9-24-17/h1,3-5,7,9-10,12,15H,2,6,8,11H2. The van der Waals surface area contributed by atoms with Crippen molar-refractivity contribution in [3.63, 3.8) is 0 Å². The molecule has 3 heterocycles. The predicted molar refractivity (Wildman–Crippen MR) is 94.0 cm³/mol. The molecule has 1 amide bonds. The van der Waals surface area contributed by atoms with E-state index in [9.17, 15) is 9.18 Å². The average molecular weight is 356 g/mol. The van der Waals surface area contributed by atoms with Gasteiger partial charge in [-0.1, -0.05) is 12.1 Å². The average Bonchev–Trinajstić information content (AvgIpc) is 3.35. The van der Waals surface area contributed by atoms with Crippen molar-refractivity contribution in [2.75, 3.05) is 6.54 Å². The number of aromatic nitrogens is 1. The van der Waals surface area contributed by atoms with Crippen LogP contribution in [0.15, 0.2) is 52.5 Å². The highest BCUT2D eigenvalue weighted by Gasteiger charge is 2.31. The zero-order valence-corrected chi connectivity index (χ0v) is 14.3. The summed E-state index contributed by atoms with van der Waals surface area (Å²) in [5.74, 6) is 0.366. The molecule has 25 heavy (non-hydrogen) atoms. The second-order valence-electron chi connectivity index (χ2n) is 6.14. The van der Waals surface area contributed by atoms with E-state index in [1.165, 1.54) is 17.4 Å². The number of likely N-dealkylation sites (tertiary alicyclic amines) is 1. The van der Waals surface area contributed by atoms with Gasteiger partial charge in [-0.3, -0.25) is 4.79 Å². The molecular formula is C19H17FN2O2S. The molecule has 128 valence electrons. The lowest BCUT2D eigenvalue weighted by Crippen LogP contribution is -2.37. The van der Waals surface area contributed by atoms with Crippen molar-refractivity contribution < 1.29 is 13.6 Å². The van der Waals surface area contributed by atoms with Gasteiger partial charge in [-0.2, -0.15) is 0 Å². The molecule has 1 atom stereocenters. The number of amides is 1. The molecule has 1 saturated heterocycles.